The van der Waals surface area contributed by atoms with Gasteiger partial charge in [-0.15, -0.1) is 13.2 Å². The van der Waals surface area contributed by atoms with E-state index in [1.54, 1.807) is 6.20 Å². The van der Waals surface area contributed by atoms with E-state index in [1.165, 1.54) is 11.1 Å². The molecule has 1 heterocycles. The average molecular weight is 357 g/mol. The first kappa shape index (κ1) is 23.7. The summed E-state index contributed by atoms with van der Waals surface area (Å²) in [5, 5.41) is 0. The van der Waals surface area contributed by atoms with Crippen molar-refractivity contribution in [2.45, 2.75) is 39.9 Å². The number of carbonyl (C=O) groups is 1. The SMILES string of the molecule is C=C.CCOC(C)OCC.O=Cc1ccc(CCc2cccnc2)cc1. The van der Waals surface area contributed by atoms with Crippen LogP contribution >= 0.6 is 0 Å². The molecular formula is C22H31NO3. The molecule has 0 radical (unpaired) electrons. The monoisotopic (exact) mass is 357 g/mol. The van der Waals surface area contributed by atoms with E-state index in [0.717, 1.165) is 37.9 Å². The number of benzene rings is 1. The fourth-order valence-corrected chi connectivity index (χ4v) is 2.12. The van der Waals surface area contributed by atoms with E-state index in [9.17, 15) is 4.79 Å². The number of aromatic nitrogens is 1. The molecule has 0 aliphatic carbocycles. The van der Waals surface area contributed by atoms with Gasteiger partial charge in [0.05, 0.1) is 0 Å². The highest BCUT2D eigenvalue weighted by atomic mass is 16.7. The number of aryl methyl sites for hydroxylation is 2. The highest BCUT2D eigenvalue weighted by molar-refractivity contribution is 5.74. The third kappa shape index (κ3) is 11.3. The van der Waals surface area contributed by atoms with Crippen LogP contribution in [0.5, 0.6) is 0 Å². The Morgan fingerprint density at radius 3 is 2.04 bits per heavy atom. The predicted molar refractivity (Wildman–Crippen MR) is 107 cm³/mol. The molecule has 0 bridgehead atoms. The van der Waals surface area contributed by atoms with Gasteiger partial charge in [-0.05, 0) is 50.8 Å². The molecule has 0 atom stereocenters. The Morgan fingerprint density at radius 2 is 1.58 bits per heavy atom. The molecule has 0 fully saturated rings. The molecule has 2 aromatic rings. The molecule has 0 amide bonds. The van der Waals surface area contributed by atoms with Crippen LogP contribution in [0.3, 0.4) is 0 Å². The Morgan fingerprint density at radius 1 is 1.00 bits per heavy atom. The lowest BCUT2D eigenvalue weighted by molar-refractivity contribution is -0.123. The van der Waals surface area contributed by atoms with E-state index in [4.69, 9.17) is 9.47 Å². The van der Waals surface area contributed by atoms with E-state index < -0.39 is 0 Å². The summed E-state index contributed by atoms with van der Waals surface area (Å²) in [5.74, 6) is 0. The van der Waals surface area contributed by atoms with Crippen LogP contribution in [0.4, 0.5) is 0 Å². The number of pyridine rings is 1. The minimum Gasteiger partial charge on any atom is -0.353 e. The highest BCUT2D eigenvalue weighted by Gasteiger charge is 1.96. The zero-order valence-electron chi connectivity index (χ0n) is 16.2. The zero-order valence-corrected chi connectivity index (χ0v) is 16.2. The number of carbonyl (C=O) groups excluding carboxylic acids is 1. The topological polar surface area (TPSA) is 48.4 Å². The third-order valence-electron chi connectivity index (χ3n) is 3.34. The van der Waals surface area contributed by atoms with Crippen LogP contribution in [0.2, 0.25) is 0 Å². The van der Waals surface area contributed by atoms with E-state index in [0.29, 0.717) is 0 Å². The summed E-state index contributed by atoms with van der Waals surface area (Å²) in [6.07, 6.45) is 6.46. The van der Waals surface area contributed by atoms with Crippen molar-refractivity contribution in [1.82, 2.24) is 4.98 Å². The lowest BCUT2D eigenvalue weighted by Crippen LogP contribution is -2.11. The van der Waals surface area contributed by atoms with Crippen molar-refractivity contribution in [3.63, 3.8) is 0 Å². The molecule has 1 aromatic heterocycles. The van der Waals surface area contributed by atoms with E-state index >= 15 is 0 Å². The molecule has 4 heteroatoms. The van der Waals surface area contributed by atoms with Gasteiger partial charge in [0.1, 0.15) is 6.29 Å². The summed E-state index contributed by atoms with van der Waals surface area (Å²) >= 11 is 0. The molecule has 2 rings (SSSR count). The molecular weight excluding hydrogens is 326 g/mol. The fourth-order valence-electron chi connectivity index (χ4n) is 2.12. The van der Waals surface area contributed by atoms with Gasteiger partial charge in [-0.1, -0.05) is 30.3 Å². The fraction of sp³-hybridized carbons (Fsp3) is 0.364. The van der Waals surface area contributed by atoms with Gasteiger partial charge in [0.25, 0.3) is 0 Å². The molecule has 0 N–H and O–H groups in total. The van der Waals surface area contributed by atoms with Gasteiger partial charge in [0.2, 0.25) is 0 Å². The van der Waals surface area contributed by atoms with Crippen molar-refractivity contribution in [2.24, 2.45) is 0 Å². The Hall–Kier alpha value is -2.30. The van der Waals surface area contributed by atoms with Crippen molar-refractivity contribution in [1.29, 1.82) is 0 Å². The quantitative estimate of drug-likeness (QED) is 0.383. The van der Waals surface area contributed by atoms with Crippen molar-refractivity contribution >= 4 is 6.29 Å². The summed E-state index contributed by atoms with van der Waals surface area (Å²) in [6, 6.07) is 11.7. The second-order valence-corrected chi connectivity index (χ2v) is 5.20. The number of hydrogen-bond donors (Lipinski definition) is 0. The number of rotatable bonds is 8. The van der Waals surface area contributed by atoms with Gasteiger partial charge in [-0.3, -0.25) is 9.78 Å². The molecule has 0 saturated heterocycles. The molecule has 0 saturated carbocycles. The van der Waals surface area contributed by atoms with Crippen molar-refractivity contribution in [2.75, 3.05) is 13.2 Å². The Bertz CT molecular complexity index is 564. The lowest BCUT2D eigenvalue weighted by Gasteiger charge is -2.09. The maximum absolute atomic E-state index is 10.5. The third-order valence-corrected chi connectivity index (χ3v) is 3.34. The average Bonchev–Trinajstić information content (AvgIpc) is 2.70. The van der Waals surface area contributed by atoms with Gasteiger partial charge in [0, 0.05) is 31.2 Å². The van der Waals surface area contributed by atoms with Crippen molar-refractivity contribution < 1.29 is 14.3 Å². The zero-order chi connectivity index (χ0) is 19.6. The summed E-state index contributed by atoms with van der Waals surface area (Å²) in [4.78, 5) is 14.6. The van der Waals surface area contributed by atoms with Crippen LogP contribution < -0.4 is 0 Å². The lowest BCUT2D eigenvalue weighted by atomic mass is 10.0. The van der Waals surface area contributed by atoms with Gasteiger partial charge < -0.3 is 9.47 Å². The summed E-state index contributed by atoms with van der Waals surface area (Å²) < 4.78 is 10.1. The second kappa shape index (κ2) is 16.2. The maximum Gasteiger partial charge on any atom is 0.154 e. The number of aldehydes is 1. The Kier molecular flexibility index (Phi) is 14.8. The maximum atomic E-state index is 10.5. The first-order valence-electron chi connectivity index (χ1n) is 8.85. The second-order valence-electron chi connectivity index (χ2n) is 5.20. The summed E-state index contributed by atoms with van der Waals surface area (Å²) in [7, 11) is 0. The normalized spacial score (nSPS) is 9.54. The van der Waals surface area contributed by atoms with Gasteiger partial charge in [-0.2, -0.15) is 0 Å². The minimum atomic E-state index is -0.0370. The van der Waals surface area contributed by atoms with E-state index in [2.05, 4.69) is 24.2 Å². The predicted octanol–water partition coefficient (Wildman–Crippen LogP) is 4.89. The standard InChI is InChI=1S/C14H13NO.C6H14O2.C2H4/c16-11-14-7-4-12(5-8-14)3-6-13-2-1-9-15-10-13;1-4-7-6(3)8-5-2;1-2/h1-2,4-5,7-11H,3,6H2;6H,4-5H2,1-3H3;1-2H2. The van der Waals surface area contributed by atoms with Gasteiger partial charge >= 0.3 is 0 Å². The number of nitrogens with zero attached hydrogens (tertiary/aromatic N) is 1. The van der Waals surface area contributed by atoms with Gasteiger partial charge in [-0.25, -0.2) is 0 Å². The van der Waals surface area contributed by atoms with Crippen molar-refractivity contribution in [3.05, 3.63) is 78.6 Å². The molecule has 1 aromatic carbocycles. The Labute approximate surface area is 157 Å². The van der Waals surface area contributed by atoms with E-state index in [1.807, 2.05) is 57.3 Å². The van der Waals surface area contributed by atoms with Gasteiger partial charge in [0.15, 0.2) is 6.29 Å². The number of ether oxygens (including phenoxy) is 2. The van der Waals surface area contributed by atoms with Crippen LogP contribution in [0, 0.1) is 0 Å². The van der Waals surface area contributed by atoms with Crippen LogP contribution in [-0.2, 0) is 22.3 Å². The molecule has 4 nitrogen and oxygen atoms in total. The van der Waals surface area contributed by atoms with Crippen LogP contribution in [0.15, 0.2) is 61.9 Å². The largest absolute Gasteiger partial charge is 0.353 e. The Balaban J connectivity index is 0.000000533. The van der Waals surface area contributed by atoms with Crippen LogP contribution in [0.25, 0.3) is 0 Å². The first-order chi connectivity index (χ1) is 12.7. The van der Waals surface area contributed by atoms with Crippen LogP contribution in [0.1, 0.15) is 42.3 Å². The van der Waals surface area contributed by atoms with Crippen LogP contribution in [-0.4, -0.2) is 30.8 Å². The minimum absolute atomic E-state index is 0.0370. The molecule has 0 aliphatic rings. The molecule has 0 spiro atoms. The van der Waals surface area contributed by atoms with Crippen molar-refractivity contribution in [3.8, 4) is 0 Å². The smallest absolute Gasteiger partial charge is 0.154 e. The first-order valence-corrected chi connectivity index (χ1v) is 8.85. The molecule has 0 aliphatic heterocycles. The molecule has 0 unspecified atom stereocenters. The highest BCUT2D eigenvalue weighted by Crippen LogP contribution is 2.07. The molecule has 142 valence electrons. The van der Waals surface area contributed by atoms with E-state index in [-0.39, 0.29) is 6.29 Å². The summed E-state index contributed by atoms with van der Waals surface area (Å²) in [6.45, 7) is 13.3. The molecule has 26 heavy (non-hydrogen) atoms. The number of hydrogen-bond acceptors (Lipinski definition) is 4. The summed E-state index contributed by atoms with van der Waals surface area (Å²) in [5.41, 5.74) is 3.21.